The van der Waals surface area contributed by atoms with Crippen molar-refractivity contribution < 1.29 is 22.7 Å². The number of terminal acetylenes is 1. The molecule has 2 nitrogen and oxygen atoms in total. The predicted octanol–water partition coefficient (Wildman–Crippen LogP) is 2.70. The van der Waals surface area contributed by atoms with E-state index in [9.17, 15) is 18.0 Å². The number of rotatable bonds is 2. The largest absolute Gasteiger partial charge is 0.445 e. The van der Waals surface area contributed by atoms with Crippen LogP contribution in [0.2, 0.25) is 0 Å². The van der Waals surface area contributed by atoms with E-state index in [0.717, 1.165) is 18.3 Å². The van der Waals surface area contributed by atoms with Crippen LogP contribution in [0.1, 0.15) is 11.8 Å². The first kappa shape index (κ1) is 12.6. The Bertz CT molecular complexity index is 416. The quantitative estimate of drug-likeness (QED) is 0.594. The minimum Gasteiger partial charge on any atom is -0.431 e. The molecule has 0 aliphatic heterocycles. The summed E-state index contributed by atoms with van der Waals surface area (Å²) in [6.07, 6.45) is 0.0439. The second kappa shape index (κ2) is 4.18. The van der Waals surface area contributed by atoms with Crippen molar-refractivity contribution in [1.29, 1.82) is 0 Å². The molecule has 0 amide bonds. The van der Waals surface area contributed by atoms with Crippen LogP contribution in [-0.4, -0.2) is 12.1 Å². The first-order chi connectivity index (χ1) is 7.33. The van der Waals surface area contributed by atoms with E-state index in [-0.39, 0.29) is 4.88 Å². The maximum absolute atomic E-state index is 12.9. The van der Waals surface area contributed by atoms with E-state index < -0.39 is 17.7 Å². The van der Waals surface area contributed by atoms with Crippen molar-refractivity contribution in [2.24, 2.45) is 0 Å². The Labute approximate surface area is 94.0 Å². The molecule has 86 valence electrons. The van der Waals surface area contributed by atoms with Crippen LogP contribution in [-0.2, 0) is 15.1 Å². The minimum atomic E-state index is -4.85. The normalized spacial score (nSPS) is 14.9. The van der Waals surface area contributed by atoms with Crippen molar-refractivity contribution in [3.05, 3.63) is 22.4 Å². The van der Waals surface area contributed by atoms with Crippen molar-refractivity contribution in [2.45, 2.75) is 18.7 Å². The number of hydrogen-bond donors (Lipinski definition) is 0. The van der Waals surface area contributed by atoms with Crippen molar-refractivity contribution in [1.82, 2.24) is 0 Å². The van der Waals surface area contributed by atoms with E-state index in [4.69, 9.17) is 6.42 Å². The minimum absolute atomic E-state index is 0.238. The Balaban J connectivity index is 3.32. The van der Waals surface area contributed by atoms with Crippen LogP contribution >= 0.6 is 11.3 Å². The molecular formula is C10H7F3O2S. The summed E-state index contributed by atoms with van der Waals surface area (Å²) < 4.78 is 43.0. The summed E-state index contributed by atoms with van der Waals surface area (Å²) in [5.74, 6) is 0.452. The molecule has 1 atom stereocenters. The molecule has 0 spiro atoms. The van der Waals surface area contributed by atoms with Gasteiger partial charge in [-0.05, 0) is 17.4 Å². The molecule has 0 bridgehead atoms. The standard InChI is InChI=1S/C10H7F3O2S/c1-3-9(10(11,12)13,15-7(2)14)8-5-4-6-16-8/h1,4-6H,2H3/t9-/m1/s1. The zero-order valence-corrected chi connectivity index (χ0v) is 8.98. The molecule has 1 rings (SSSR count). The van der Waals surface area contributed by atoms with Crippen LogP contribution in [0.3, 0.4) is 0 Å². The number of ether oxygens (including phenoxy) is 1. The highest BCUT2D eigenvalue weighted by molar-refractivity contribution is 7.10. The summed E-state index contributed by atoms with van der Waals surface area (Å²) in [6, 6.07) is 2.59. The van der Waals surface area contributed by atoms with E-state index in [1.807, 2.05) is 0 Å². The van der Waals surface area contributed by atoms with Crippen molar-refractivity contribution in [2.75, 3.05) is 0 Å². The molecule has 1 aromatic rings. The van der Waals surface area contributed by atoms with Gasteiger partial charge in [0.25, 0.3) is 0 Å². The monoisotopic (exact) mass is 248 g/mol. The Morgan fingerprint density at radius 1 is 1.56 bits per heavy atom. The van der Waals surface area contributed by atoms with Gasteiger partial charge < -0.3 is 4.74 Å². The van der Waals surface area contributed by atoms with Crippen LogP contribution in [0.5, 0.6) is 0 Å². The fraction of sp³-hybridized carbons (Fsp3) is 0.300. The molecule has 0 saturated heterocycles. The van der Waals surface area contributed by atoms with Gasteiger partial charge in [0.1, 0.15) is 0 Å². The molecule has 6 heteroatoms. The van der Waals surface area contributed by atoms with Gasteiger partial charge in [-0.3, -0.25) is 4.79 Å². The van der Waals surface area contributed by atoms with Crippen LogP contribution < -0.4 is 0 Å². The van der Waals surface area contributed by atoms with Gasteiger partial charge in [0.15, 0.2) is 0 Å². The average molecular weight is 248 g/mol. The van der Waals surface area contributed by atoms with E-state index in [1.165, 1.54) is 23.4 Å². The third-order valence-electron chi connectivity index (χ3n) is 1.77. The second-order valence-electron chi connectivity index (χ2n) is 2.89. The van der Waals surface area contributed by atoms with Gasteiger partial charge in [-0.2, -0.15) is 13.2 Å². The SMILES string of the molecule is C#C[C@@](OC(C)=O)(c1cccs1)C(F)(F)F. The summed E-state index contributed by atoms with van der Waals surface area (Å²) >= 11 is 0.784. The molecule has 0 N–H and O–H groups in total. The average Bonchev–Trinajstić information content (AvgIpc) is 2.64. The lowest BCUT2D eigenvalue weighted by atomic mass is 10.0. The van der Waals surface area contributed by atoms with Gasteiger partial charge in [-0.15, -0.1) is 17.8 Å². The van der Waals surface area contributed by atoms with Crippen molar-refractivity contribution >= 4 is 17.3 Å². The van der Waals surface area contributed by atoms with Gasteiger partial charge in [0, 0.05) is 6.92 Å². The molecular weight excluding hydrogens is 241 g/mol. The Kier molecular flexibility index (Phi) is 3.29. The number of thiophene rings is 1. The molecule has 0 saturated carbocycles. The molecule has 0 aliphatic carbocycles. The van der Waals surface area contributed by atoms with E-state index in [0.29, 0.717) is 0 Å². The Hall–Kier alpha value is -1.48. The number of alkyl halides is 3. The van der Waals surface area contributed by atoms with E-state index >= 15 is 0 Å². The second-order valence-corrected chi connectivity index (χ2v) is 3.84. The predicted molar refractivity (Wildman–Crippen MR) is 52.7 cm³/mol. The first-order valence-electron chi connectivity index (χ1n) is 4.11. The van der Waals surface area contributed by atoms with Gasteiger partial charge in [-0.25, -0.2) is 0 Å². The zero-order chi connectivity index (χ0) is 12.4. The third kappa shape index (κ3) is 2.04. The molecule has 0 fully saturated rings. The summed E-state index contributed by atoms with van der Waals surface area (Å²) in [5.41, 5.74) is -2.98. The summed E-state index contributed by atoms with van der Waals surface area (Å²) in [7, 11) is 0. The highest BCUT2D eigenvalue weighted by Gasteiger charge is 2.59. The smallest absolute Gasteiger partial charge is 0.431 e. The van der Waals surface area contributed by atoms with Crippen molar-refractivity contribution in [3.63, 3.8) is 0 Å². The maximum Gasteiger partial charge on any atom is 0.445 e. The highest BCUT2D eigenvalue weighted by atomic mass is 32.1. The number of carbonyl (C=O) groups is 1. The molecule has 0 radical (unpaired) electrons. The van der Waals surface area contributed by atoms with Gasteiger partial charge in [-0.1, -0.05) is 6.07 Å². The van der Waals surface area contributed by atoms with Gasteiger partial charge >= 0.3 is 17.7 Å². The Morgan fingerprint density at radius 2 is 2.19 bits per heavy atom. The lowest BCUT2D eigenvalue weighted by Crippen LogP contribution is -2.44. The van der Waals surface area contributed by atoms with Gasteiger partial charge in [0.2, 0.25) is 0 Å². The van der Waals surface area contributed by atoms with Crippen LogP contribution in [0.15, 0.2) is 17.5 Å². The summed E-state index contributed by atoms with van der Waals surface area (Å²) in [5, 5.41) is 1.43. The fourth-order valence-corrected chi connectivity index (χ4v) is 1.97. The fourth-order valence-electron chi connectivity index (χ4n) is 1.12. The topological polar surface area (TPSA) is 26.3 Å². The lowest BCUT2D eigenvalue weighted by Gasteiger charge is -2.28. The van der Waals surface area contributed by atoms with Crippen molar-refractivity contribution in [3.8, 4) is 12.3 Å². The van der Waals surface area contributed by atoms with Crippen LogP contribution in [0.25, 0.3) is 0 Å². The molecule has 0 unspecified atom stereocenters. The number of carbonyl (C=O) groups excluding carboxylic acids is 1. The highest BCUT2D eigenvalue weighted by Crippen LogP contribution is 2.43. The first-order valence-corrected chi connectivity index (χ1v) is 4.99. The lowest BCUT2D eigenvalue weighted by molar-refractivity contribution is -0.251. The van der Waals surface area contributed by atoms with Crippen LogP contribution in [0, 0.1) is 12.3 Å². The third-order valence-corrected chi connectivity index (χ3v) is 2.74. The van der Waals surface area contributed by atoms with Crippen LogP contribution in [0.4, 0.5) is 13.2 Å². The maximum atomic E-state index is 12.9. The van der Waals surface area contributed by atoms with E-state index in [1.54, 1.807) is 0 Å². The summed E-state index contributed by atoms with van der Waals surface area (Å²) in [6.45, 7) is 0.880. The molecule has 1 aromatic heterocycles. The Morgan fingerprint density at radius 3 is 2.50 bits per heavy atom. The zero-order valence-electron chi connectivity index (χ0n) is 8.17. The molecule has 16 heavy (non-hydrogen) atoms. The number of esters is 1. The van der Waals surface area contributed by atoms with Gasteiger partial charge in [0.05, 0.1) is 4.88 Å². The summed E-state index contributed by atoms with van der Waals surface area (Å²) in [4.78, 5) is 10.5. The molecule has 1 heterocycles. The molecule has 0 aromatic carbocycles. The number of hydrogen-bond acceptors (Lipinski definition) is 3. The molecule has 0 aliphatic rings. The number of halogens is 3. The van der Waals surface area contributed by atoms with E-state index in [2.05, 4.69) is 4.74 Å².